The average molecular weight is 283 g/mol. The summed E-state index contributed by atoms with van der Waals surface area (Å²) in [6.07, 6.45) is -3.11. The Morgan fingerprint density at radius 3 is 2.70 bits per heavy atom. The fourth-order valence-corrected chi connectivity index (χ4v) is 2.31. The Balaban J connectivity index is 2.11. The zero-order chi connectivity index (χ0) is 14.4. The molecule has 0 amide bonds. The van der Waals surface area contributed by atoms with Gasteiger partial charge < -0.3 is 20.3 Å². The molecule has 0 spiro atoms. The SMILES string of the molecule is CNc1nc(F)nc2c1ncn2[C@@H]1O[C@H](C)[C@@H](O)[C@H]1O. The molecule has 4 atom stereocenters. The number of ether oxygens (including phenoxy) is 1. The Morgan fingerprint density at radius 2 is 2.10 bits per heavy atom. The van der Waals surface area contributed by atoms with E-state index in [0.29, 0.717) is 5.52 Å². The zero-order valence-electron chi connectivity index (χ0n) is 10.9. The molecular formula is C11H14FN5O3. The number of aliphatic hydroxyl groups is 2. The van der Waals surface area contributed by atoms with Crippen molar-refractivity contribution in [3.8, 4) is 0 Å². The topological polar surface area (TPSA) is 105 Å². The highest BCUT2D eigenvalue weighted by molar-refractivity contribution is 5.82. The fourth-order valence-electron chi connectivity index (χ4n) is 2.31. The number of fused-ring (bicyclic) bond motifs is 1. The molecule has 0 bridgehead atoms. The second kappa shape index (κ2) is 4.62. The van der Waals surface area contributed by atoms with E-state index in [9.17, 15) is 14.6 Å². The van der Waals surface area contributed by atoms with E-state index in [-0.39, 0.29) is 11.5 Å². The van der Waals surface area contributed by atoms with Gasteiger partial charge in [0.15, 0.2) is 23.2 Å². The van der Waals surface area contributed by atoms with E-state index in [2.05, 4.69) is 20.3 Å². The largest absolute Gasteiger partial charge is 0.388 e. The van der Waals surface area contributed by atoms with Crippen LogP contribution in [0.3, 0.4) is 0 Å². The molecule has 0 aliphatic carbocycles. The second-order valence-electron chi connectivity index (χ2n) is 4.63. The van der Waals surface area contributed by atoms with Crippen molar-refractivity contribution < 1.29 is 19.3 Å². The first kappa shape index (κ1) is 13.2. The van der Waals surface area contributed by atoms with Crippen molar-refractivity contribution in [3.05, 3.63) is 12.4 Å². The van der Waals surface area contributed by atoms with Crippen LogP contribution < -0.4 is 5.32 Å². The van der Waals surface area contributed by atoms with Crippen molar-refractivity contribution in [2.24, 2.45) is 0 Å². The summed E-state index contributed by atoms with van der Waals surface area (Å²) in [7, 11) is 1.59. The van der Waals surface area contributed by atoms with Gasteiger partial charge in [0, 0.05) is 7.05 Å². The van der Waals surface area contributed by atoms with Gasteiger partial charge in [-0.3, -0.25) is 4.57 Å². The Bertz CT molecular complexity index is 648. The molecule has 0 unspecified atom stereocenters. The van der Waals surface area contributed by atoms with Crippen LogP contribution in [0.2, 0.25) is 0 Å². The van der Waals surface area contributed by atoms with Gasteiger partial charge in [-0.05, 0) is 6.92 Å². The van der Waals surface area contributed by atoms with E-state index >= 15 is 0 Å². The van der Waals surface area contributed by atoms with Crippen LogP contribution >= 0.6 is 0 Å². The lowest BCUT2D eigenvalue weighted by Crippen LogP contribution is -2.30. The summed E-state index contributed by atoms with van der Waals surface area (Å²) in [6, 6.07) is 0. The van der Waals surface area contributed by atoms with E-state index in [0.717, 1.165) is 0 Å². The minimum atomic E-state index is -1.14. The van der Waals surface area contributed by atoms with Gasteiger partial charge in [-0.2, -0.15) is 14.4 Å². The maximum atomic E-state index is 13.4. The van der Waals surface area contributed by atoms with Crippen LogP contribution in [0.5, 0.6) is 0 Å². The predicted octanol–water partition coefficient (Wildman–Crippen LogP) is -0.354. The molecule has 9 heteroatoms. The van der Waals surface area contributed by atoms with Crippen LogP contribution in [-0.4, -0.2) is 55.1 Å². The Hall–Kier alpha value is -1.84. The maximum Gasteiger partial charge on any atom is 0.312 e. The summed E-state index contributed by atoms with van der Waals surface area (Å²) in [5, 5.41) is 22.4. The van der Waals surface area contributed by atoms with Gasteiger partial charge >= 0.3 is 6.08 Å². The summed E-state index contributed by atoms with van der Waals surface area (Å²) in [5.41, 5.74) is 0.547. The number of aromatic nitrogens is 4. The number of nitrogens with one attached hydrogen (secondary N) is 1. The van der Waals surface area contributed by atoms with Crippen LogP contribution in [0.1, 0.15) is 13.2 Å². The van der Waals surface area contributed by atoms with Crippen LogP contribution in [0.25, 0.3) is 11.2 Å². The van der Waals surface area contributed by atoms with Crippen molar-refractivity contribution in [2.75, 3.05) is 12.4 Å². The van der Waals surface area contributed by atoms with Crippen LogP contribution in [0.15, 0.2) is 6.33 Å². The summed E-state index contributed by atoms with van der Waals surface area (Å²) in [4.78, 5) is 11.4. The third kappa shape index (κ3) is 1.82. The normalized spacial score (nSPS) is 30.1. The molecule has 1 aliphatic rings. The fraction of sp³-hybridized carbons (Fsp3) is 0.545. The van der Waals surface area contributed by atoms with Crippen LogP contribution in [0.4, 0.5) is 10.2 Å². The summed E-state index contributed by atoms with van der Waals surface area (Å²) in [6.45, 7) is 1.64. The minimum absolute atomic E-state index is 0.187. The number of nitrogens with zero attached hydrogens (tertiary/aromatic N) is 4. The number of hydrogen-bond acceptors (Lipinski definition) is 7. The highest BCUT2D eigenvalue weighted by Gasteiger charge is 2.42. The molecule has 20 heavy (non-hydrogen) atoms. The van der Waals surface area contributed by atoms with Gasteiger partial charge in [-0.1, -0.05) is 0 Å². The molecule has 3 rings (SSSR count). The molecular weight excluding hydrogens is 269 g/mol. The average Bonchev–Trinajstić information content (AvgIpc) is 2.94. The number of halogens is 1. The van der Waals surface area contributed by atoms with Crippen molar-refractivity contribution in [3.63, 3.8) is 0 Å². The molecule has 0 radical (unpaired) electrons. The molecule has 1 saturated heterocycles. The van der Waals surface area contributed by atoms with Gasteiger partial charge in [0.1, 0.15) is 12.2 Å². The van der Waals surface area contributed by atoms with Gasteiger partial charge in [-0.15, -0.1) is 0 Å². The second-order valence-corrected chi connectivity index (χ2v) is 4.63. The molecule has 0 saturated carbocycles. The van der Waals surface area contributed by atoms with E-state index in [1.165, 1.54) is 10.9 Å². The van der Waals surface area contributed by atoms with Crippen molar-refractivity contribution >= 4 is 17.0 Å². The highest BCUT2D eigenvalue weighted by atomic mass is 19.1. The van der Waals surface area contributed by atoms with Crippen molar-refractivity contribution in [1.29, 1.82) is 0 Å². The Morgan fingerprint density at radius 1 is 1.35 bits per heavy atom. The first-order valence-corrected chi connectivity index (χ1v) is 6.12. The highest BCUT2D eigenvalue weighted by Crippen LogP contribution is 2.31. The summed E-state index contributed by atoms with van der Waals surface area (Å²) in [5.74, 6) is 0.243. The molecule has 108 valence electrons. The van der Waals surface area contributed by atoms with E-state index in [1.807, 2.05) is 0 Å². The minimum Gasteiger partial charge on any atom is -0.388 e. The van der Waals surface area contributed by atoms with Gasteiger partial charge in [0.2, 0.25) is 0 Å². The van der Waals surface area contributed by atoms with Gasteiger partial charge in [0.25, 0.3) is 0 Å². The first-order chi connectivity index (χ1) is 9.52. The van der Waals surface area contributed by atoms with E-state index in [1.54, 1.807) is 14.0 Å². The van der Waals surface area contributed by atoms with Gasteiger partial charge in [0.05, 0.1) is 12.4 Å². The lowest BCUT2D eigenvalue weighted by molar-refractivity contribution is -0.0300. The number of imidazole rings is 1. The monoisotopic (exact) mass is 283 g/mol. The molecule has 3 heterocycles. The maximum absolute atomic E-state index is 13.4. The zero-order valence-corrected chi connectivity index (χ0v) is 10.9. The molecule has 3 N–H and O–H groups in total. The molecule has 8 nitrogen and oxygen atoms in total. The number of aliphatic hydroxyl groups excluding tert-OH is 2. The van der Waals surface area contributed by atoms with Crippen LogP contribution in [-0.2, 0) is 4.74 Å². The number of rotatable bonds is 2. The molecule has 2 aromatic heterocycles. The van der Waals surface area contributed by atoms with Crippen LogP contribution in [0, 0.1) is 6.08 Å². The third-order valence-electron chi connectivity index (χ3n) is 3.38. The Kier molecular flexibility index (Phi) is 3.04. The standard InChI is InChI=1S/C11H14FN5O3/c1-4-6(18)7(19)10(20-4)17-3-14-5-8(13-2)15-11(12)16-9(5)17/h3-4,6-7,10,18-19H,1-2H3,(H,13,15,16)/t4-,6-,7-,10-/m1/s1. The number of anilines is 1. The molecule has 1 aliphatic heterocycles. The van der Waals surface area contributed by atoms with E-state index < -0.39 is 30.6 Å². The molecule has 0 aromatic carbocycles. The van der Waals surface area contributed by atoms with Crippen molar-refractivity contribution in [2.45, 2.75) is 31.5 Å². The van der Waals surface area contributed by atoms with Crippen molar-refractivity contribution in [1.82, 2.24) is 19.5 Å². The first-order valence-electron chi connectivity index (χ1n) is 6.12. The quantitative estimate of drug-likeness (QED) is 0.647. The molecule has 1 fully saturated rings. The smallest absolute Gasteiger partial charge is 0.312 e. The third-order valence-corrected chi connectivity index (χ3v) is 3.38. The predicted molar refractivity (Wildman–Crippen MR) is 66.4 cm³/mol. The summed E-state index contributed by atoms with van der Waals surface area (Å²) < 4.78 is 20.3. The lowest BCUT2D eigenvalue weighted by Gasteiger charge is -2.16. The summed E-state index contributed by atoms with van der Waals surface area (Å²) >= 11 is 0. The number of hydrogen-bond donors (Lipinski definition) is 3. The Labute approximate surface area is 113 Å². The van der Waals surface area contributed by atoms with Gasteiger partial charge in [-0.25, -0.2) is 4.98 Å². The lowest BCUT2D eigenvalue weighted by atomic mass is 10.1. The molecule has 2 aromatic rings. The van der Waals surface area contributed by atoms with E-state index in [4.69, 9.17) is 4.74 Å².